The monoisotopic (exact) mass is 391 g/mol. The van der Waals surface area contributed by atoms with Crippen molar-refractivity contribution in [2.75, 3.05) is 25.0 Å². The first-order valence-electron chi connectivity index (χ1n) is 9.46. The van der Waals surface area contributed by atoms with Gasteiger partial charge in [-0.1, -0.05) is 0 Å². The molecule has 1 saturated heterocycles. The zero-order chi connectivity index (χ0) is 19.8. The number of ether oxygens (including phenoxy) is 1. The number of morpholine rings is 1. The number of carbonyl (C=O) groups excluding carboxylic acids is 2. The molecule has 2 heterocycles. The maximum Gasteiger partial charge on any atom is 0.251 e. The molecule has 148 valence electrons. The summed E-state index contributed by atoms with van der Waals surface area (Å²) in [7, 11) is 0. The molecule has 0 spiro atoms. The van der Waals surface area contributed by atoms with Gasteiger partial charge in [0.1, 0.15) is 0 Å². The number of thioether (sulfide) groups is 1. The van der Waals surface area contributed by atoms with Gasteiger partial charge in [0, 0.05) is 35.6 Å². The molecule has 0 aliphatic carbocycles. The van der Waals surface area contributed by atoms with E-state index in [-0.39, 0.29) is 34.8 Å². The van der Waals surface area contributed by atoms with Crippen LogP contribution < -0.4 is 10.6 Å². The minimum absolute atomic E-state index is 0.0262. The fourth-order valence-corrected chi connectivity index (χ4v) is 4.46. The van der Waals surface area contributed by atoms with Crippen molar-refractivity contribution in [1.82, 2.24) is 10.2 Å². The first-order valence-corrected chi connectivity index (χ1v) is 10.3. The van der Waals surface area contributed by atoms with E-state index < -0.39 is 0 Å². The van der Waals surface area contributed by atoms with Gasteiger partial charge in [-0.05, 0) is 52.8 Å². The molecule has 0 bridgehead atoms. The molecule has 2 N–H and O–H groups in total. The van der Waals surface area contributed by atoms with Crippen LogP contribution in [0.25, 0.3) is 0 Å². The molecule has 27 heavy (non-hydrogen) atoms. The van der Waals surface area contributed by atoms with E-state index >= 15 is 0 Å². The topological polar surface area (TPSA) is 70.7 Å². The molecule has 0 unspecified atom stereocenters. The number of amides is 2. The smallest absolute Gasteiger partial charge is 0.251 e. The first-order chi connectivity index (χ1) is 12.7. The molecule has 3 rings (SSSR count). The van der Waals surface area contributed by atoms with Crippen molar-refractivity contribution >= 4 is 29.3 Å². The summed E-state index contributed by atoms with van der Waals surface area (Å²) in [6.07, 6.45) is 0.376. The lowest BCUT2D eigenvalue weighted by molar-refractivity contribution is -0.115. The molecule has 1 fully saturated rings. The van der Waals surface area contributed by atoms with Crippen LogP contribution in [0, 0.1) is 0 Å². The average molecular weight is 392 g/mol. The summed E-state index contributed by atoms with van der Waals surface area (Å²) in [5.74, 6) is -0.153. The Hall–Kier alpha value is -1.57. The van der Waals surface area contributed by atoms with E-state index in [1.165, 1.54) is 11.8 Å². The van der Waals surface area contributed by atoms with Crippen molar-refractivity contribution in [1.29, 1.82) is 0 Å². The summed E-state index contributed by atoms with van der Waals surface area (Å²) < 4.78 is 5.81. The summed E-state index contributed by atoms with van der Waals surface area (Å²) in [5, 5.41) is 5.81. The number of fused-ring (bicyclic) bond motifs is 1. The van der Waals surface area contributed by atoms with Crippen molar-refractivity contribution < 1.29 is 14.3 Å². The number of nitrogens with zero attached hydrogens (tertiary/aromatic N) is 1. The summed E-state index contributed by atoms with van der Waals surface area (Å²) in [6.45, 7) is 12.6. The second kappa shape index (κ2) is 7.81. The van der Waals surface area contributed by atoms with E-state index in [0.29, 0.717) is 17.8 Å². The van der Waals surface area contributed by atoms with Gasteiger partial charge in [-0.2, -0.15) is 0 Å². The number of nitrogens with one attached hydrogen (secondary N) is 2. The van der Waals surface area contributed by atoms with Crippen molar-refractivity contribution in [2.45, 2.75) is 62.5 Å². The predicted molar refractivity (Wildman–Crippen MR) is 108 cm³/mol. The van der Waals surface area contributed by atoms with Crippen LogP contribution in [0.2, 0.25) is 0 Å². The number of anilines is 1. The van der Waals surface area contributed by atoms with Gasteiger partial charge in [-0.3, -0.25) is 14.5 Å². The first kappa shape index (κ1) is 20.2. The third-order valence-corrected chi connectivity index (χ3v) is 6.31. The number of rotatable bonds is 4. The lowest BCUT2D eigenvalue weighted by Crippen LogP contribution is -2.58. The number of benzene rings is 1. The molecule has 2 aliphatic heterocycles. The molecule has 3 atom stereocenters. The highest BCUT2D eigenvalue weighted by molar-refractivity contribution is 8.00. The Balaban J connectivity index is 1.64. The highest BCUT2D eigenvalue weighted by Crippen LogP contribution is 2.35. The van der Waals surface area contributed by atoms with Crippen LogP contribution in [-0.4, -0.2) is 59.3 Å². The molecule has 1 aromatic carbocycles. The Morgan fingerprint density at radius 3 is 2.63 bits per heavy atom. The van der Waals surface area contributed by atoms with Gasteiger partial charge in [-0.15, -0.1) is 11.8 Å². The summed E-state index contributed by atoms with van der Waals surface area (Å²) >= 11 is 1.51. The average Bonchev–Trinajstić information content (AvgIpc) is 2.59. The van der Waals surface area contributed by atoms with Gasteiger partial charge in [0.2, 0.25) is 5.91 Å². The number of hydrogen-bond donors (Lipinski definition) is 2. The SMILES string of the molecule is C[C@@H]1CN(C(C)(C)CNC(=O)c2ccc3c(c2)NC(=O)[C@H](C)S3)C[C@@H](C)O1. The lowest BCUT2D eigenvalue weighted by Gasteiger charge is -2.45. The summed E-state index contributed by atoms with van der Waals surface area (Å²) in [6, 6.07) is 5.48. The van der Waals surface area contributed by atoms with E-state index in [9.17, 15) is 9.59 Å². The minimum atomic E-state index is -0.171. The Morgan fingerprint density at radius 1 is 1.30 bits per heavy atom. The maximum absolute atomic E-state index is 12.7. The van der Waals surface area contributed by atoms with Gasteiger partial charge < -0.3 is 15.4 Å². The van der Waals surface area contributed by atoms with Crippen LogP contribution in [0.15, 0.2) is 23.1 Å². The normalized spacial score (nSPS) is 26.3. The molecular weight excluding hydrogens is 362 g/mol. The van der Waals surface area contributed by atoms with Crippen LogP contribution in [0.5, 0.6) is 0 Å². The van der Waals surface area contributed by atoms with E-state index in [1.54, 1.807) is 6.07 Å². The standard InChI is InChI=1S/C20H29N3O3S/c1-12-9-23(10-13(2)26-12)20(4,5)11-21-19(25)15-6-7-17-16(8-15)22-18(24)14(3)27-17/h6-8,12-14H,9-11H2,1-5H3,(H,21,25)(H,22,24)/t12-,13-,14+/m1/s1. The molecule has 7 heteroatoms. The highest BCUT2D eigenvalue weighted by Gasteiger charge is 2.33. The van der Waals surface area contributed by atoms with E-state index in [2.05, 4.69) is 43.2 Å². The third-order valence-electron chi connectivity index (χ3n) is 5.13. The number of carbonyl (C=O) groups is 2. The second-order valence-electron chi connectivity index (χ2n) is 8.12. The Bertz CT molecular complexity index is 727. The zero-order valence-corrected chi connectivity index (χ0v) is 17.5. The van der Waals surface area contributed by atoms with Gasteiger partial charge in [-0.25, -0.2) is 0 Å². The van der Waals surface area contributed by atoms with Gasteiger partial charge in [0.05, 0.1) is 23.1 Å². The van der Waals surface area contributed by atoms with Crippen molar-refractivity contribution in [3.05, 3.63) is 23.8 Å². The molecular formula is C20H29N3O3S. The van der Waals surface area contributed by atoms with Gasteiger partial charge >= 0.3 is 0 Å². The second-order valence-corrected chi connectivity index (χ2v) is 9.50. The van der Waals surface area contributed by atoms with Crippen molar-refractivity contribution in [2.24, 2.45) is 0 Å². The lowest BCUT2D eigenvalue weighted by atomic mass is 10.00. The van der Waals surface area contributed by atoms with Crippen molar-refractivity contribution in [3.8, 4) is 0 Å². The third kappa shape index (κ3) is 4.65. The highest BCUT2D eigenvalue weighted by atomic mass is 32.2. The van der Waals surface area contributed by atoms with Crippen LogP contribution in [-0.2, 0) is 9.53 Å². The predicted octanol–water partition coefficient (Wildman–Crippen LogP) is 2.74. The van der Waals surface area contributed by atoms with Crippen LogP contribution in [0.4, 0.5) is 5.69 Å². The molecule has 1 aromatic rings. The fraction of sp³-hybridized carbons (Fsp3) is 0.600. The molecule has 0 aromatic heterocycles. The molecule has 6 nitrogen and oxygen atoms in total. The van der Waals surface area contributed by atoms with Crippen LogP contribution in [0.1, 0.15) is 45.0 Å². The maximum atomic E-state index is 12.7. The Morgan fingerprint density at radius 2 is 1.96 bits per heavy atom. The van der Waals surface area contributed by atoms with Crippen LogP contribution in [0.3, 0.4) is 0 Å². The summed E-state index contributed by atoms with van der Waals surface area (Å²) in [4.78, 5) is 27.9. The van der Waals surface area contributed by atoms with E-state index in [0.717, 1.165) is 18.0 Å². The van der Waals surface area contributed by atoms with E-state index in [1.807, 2.05) is 19.1 Å². The van der Waals surface area contributed by atoms with Crippen LogP contribution >= 0.6 is 11.8 Å². The minimum Gasteiger partial charge on any atom is -0.373 e. The Labute approximate surface area is 165 Å². The van der Waals surface area contributed by atoms with E-state index in [4.69, 9.17) is 4.74 Å². The number of hydrogen-bond acceptors (Lipinski definition) is 5. The molecule has 0 radical (unpaired) electrons. The molecule has 2 amide bonds. The molecule has 2 aliphatic rings. The summed E-state index contributed by atoms with van der Waals surface area (Å²) in [5.41, 5.74) is 1.10. The van der Waals surface area contributed by atoms with Gasteiger partial charge in [0.15, 0.2) is 0 Å². The Kier molecular flexibility index (Phi) is 5.84. The quantitative estimate of drug-likeness (QED) is 0.826. The van der Waals surface area contributed by atoms with Gasteiger partial charge in [0.25, 0.3) is 5.91 Å². The zero-order valence-electron chi connectivity index (χ0n) is 16.7. The fourth-order valence-electron chi connectivity index (χ4n) is 3.53. The molecule has 0 saturated carbocycles. The largest absolute Gasteiger partial charge is 0.373 e. The van der Waals surface area contributed by atoms with Crippen molar-refractivity contribution in [3.63, 3.8) is 0 Å².